The number of halogens is 1. The van der Waals surface area contributed by atoms with Gasteiger partial charge in [0.2, 0.25) is 0 Å². The first-order valence-electron chi connectivity index (χ1n) is 8.19. The van der Waals surface area contributed by atoms with Crippen LogP contribution < -0.4 is 0 Å². The predicted molar refractivity (Wildman–Crippen MR) is 88.1 cm³/mol. The van der Waals surface area contributed by atoms with Crippen molar-refractivity contribution < 1.29 is 14.3 Å². The number of rotatable bonds is 4. The molecule has 0 saturated heterocycles. The number of hydrogen-bond donors (Lipinski definition) is 1. The zero-order chi connectivity index (χ0) is 16.4. The molecule has 2 aromatic carbocycles. The Labute approximate surface area is 136 Å². The van der Waals surface area contributed by atoms with Gasteiger partial charge in [0.25, 0.3) is 0 Å². The number of carboxylic acids is 1. The van der Waals surface area contributed by atoms with Crippen LogP contribution in [-0.2, 0) is 17.6 Å². The van der Waals surface area contributed by atoms with Crippen LogP contribution in [0.4, 0.5) is 4.39 Å². The molecule has 3 heteroatoms. The van der Waals surface area contributed by atoms with Gasteiger partial charge in [-0.05, 0) is 60.1 Å². The van der Waals surface area contributed by atoms with Crippen LogP contribution in [0.25, 0.3) is 0 Å². The maximum absolute atomic E-state index is 13.6. The van der Waals surface area contributed by atoms with Crippen molar-refractivity contribution in [1.82, 2.24) is 0 Å². The van der Waals surface area contributed by atoms with Gasteiger partial charge in [0, 0.05) is 5.92 Å². The summed E-state index contributed by atoms with van der Waals surface area (Å²) in [5, 5.41) is 9.45. The average Bonchev–Trinajstić information content (AvgIpc) is 2.69. The highest BCUT2D eigenvalue weighted by atomic mass is 19.1. The monoisotopic (exact) mass is 312 g/mol. The molecule has 2 unspecified atom stereocenters. The molecule has 0 aromatic heterocycles. The van der Waals surface area contributed by atoms with Crippen molar-refractivity contribution in [3.63, 3.8) is 0 Å². The van der Waals surface area contributed by atoms with Crippen LogP contribution in [0.15, 0.2) is 42.5 Å². The normalized spacial score (nSPS) is 17.7. The topological polar surface area (TPSA) is 37.3 Å². The van der Waals surface area contributed by atoms with E-state index in [1.807, 2.05) is 25.1 Å². The maximum Gasteiger partial charge on any atom is 0.306 e. The number of fused-ring (bicyclic) bond motifs is 2. The van der Waals surface area contributed by atoms with Crippen molar-refractivity contribution in [3.8, 4) is 0 Å². The van der Waals surface area contributed by atoms with Gasteiger partial charge in [0.05, 0.1) is 5.92 Å². The highest BCUT2D eigenvalue weighted by Crippen LogP contribution is 2.39. The van der Waals surface area contributed by atoms with Crippen molar-refractivity contribution in [1.29, 1.82) is 0 Å². The number of carboxylic acid groups (broad SMARTS) is 1. The third kappa shape index (κ3) is 3.14. The van der Waals surface area contributed by atoms with E-state index in [2.05, 4.69) is 12.1 Å². The summed E-state index contributed by atoms with van der Waals surface area (Å²) in [6, 6.07) is 13.1. The SMILES string of the molecule is CCC(CC1c2ccccc2CCc2cc(F)ccc21)C(=O)O. The Kier molecular flexibility index (Phi) is 4.46. The Morgan fingerprint density at radius 1 is 1.17 bits per heavy atom. The third-order valence-electron chi connectivity index (χ3n) is 4.94. The molecule has 0 radical (unpaired) electrons. The zero-order valence-corrected chi connectivity index (χ0v) is 13.3. The van der Waals surface area contributed by atoms with Gasteiger partial charge in [-0.25, -0.2) is 4.39 Å². The summed E-state index contributed by atoms with van der Waals surface area (Å²) in [4.78, 5) is 11.5. The lowest BCUT2D eigenvalue weighted by atomic mass is 9.81. The van der Waals surface area contributed by atoms with Gasteiger partial charge in [-0.2, -0.15) is 0 Å². The molecular weight excluding hydrogens is 291 g/mol. The van der Waals surface area contributed by atoms with Gasteiger partial charge >= 0.3 is 5.97 Å². The molecule has 120 valence electrons. The van der Waals surface area contributed by atoms with E-state index in [0.29, 0.717) is 12.8 Å². The number of hydrogen-bond acceptors (Lipinski definition) is 1. The van der Waals surface area contributed by atoms with Crippen molar-refractivity contribution >= 4 is 5.97 Å². The smallest absolute Gasteiger partial charge is 0.306 e. The Morgan fingerprint density at radius 3 is 2.61 bits per heavy atom. The third-order valence-corrected chi connectivity index (χ3v) is 4.94. The van der Waals surface area contributed by atoms with Crippen molar-refractivity contribution in [2.24, 2.45) is 5.92 Å². The summed E-state index contributed by atoms with van der Waals surface area (Å²) in [6.45, 7) is 1.91. The van der Waals surface area contributed by atoms with Crippen LogP contribution in [0.2, 0.25) is 0 Å². The molecule has 1 aliphatic carbocycles. The lowest BCUT2D eigenvalue weighted by molar-refractivity contribution is -0.142. The van der Waals surface area contributed by atoms with Crippen LogP contribution in [0, 0.1) is 11.7 Å². The fourth-order valence-corrected chi connectivity index (χ4v) is 3.65. The molecular formula is C20H21FO2. The Bertz CT molecular complexity index is 723. The van der Waals surface area contributed by atoms with E-state index in [0.717, 1.165) is 24.0 Å². The second-order valence-electron chi connectivity index (χ2n) is 6.27. The van der Waals surface area contributed by atoms with Gasteiger partial charge in [0.15, 0.2) is 0 Å². The van der Waals surface area contributed by atoms with Gasteiger partial charge < -0.3 is 5.11 Å². The highest BCUT2D eigenvalue weighted by molar-refractivity contribution is 5.70. The van der Waals surface area contributed by atoms with E-state index in [-0.39, 0.29) is 17.7 Å². The molecule has 3 rings (SSSR count). The molecule has 0 saturated carbocycles. The van der Waals surface area contributed by atoms with Crippen molar-refractivity contribution in [3.05, 3.63) is 70.5 Å². The van der Waals surface area contributed by atoms with E-state index in [1.54, 1.807) is 6.07 Å². The molecule has 23 heavy (non-hydrogen) atoms. The predicted octanol–water partition coefficient (Wildman–Crippen LogP) is 4.56. The van der Waals surface area contributed by atoms with Crippen LogP contribution in [-0.4, -0.2) is 11.1 Å². The number of carbonyl (C=O) groups is 1. The molecule has 2 atom stereocenters. The van der Waals surface area contributed by atoms with E-state index in [9.17, 15) is 14.3 Å². The van der Waals surface area contributed by atoms with Gasteiger partial charge in [-0.1, -0.05) is 37.3 Å². The summed E-state index contributed by atoms with van der Waals surface area (Å²) in [6.07, 6.45) is 2.82. The van der Waals surface area contributed by atoms with Crippen molar-refractivity contribution in [2.75, 3.05) is 0 Å². The summed E-state index contributed by atoms with van der Waals surface area (Å²) >= 11 is 0. The highest BCUT2D eigenvalue weighted by Gasteiger charge is 2.28. The van der Waals surface area contributed by atoms with E-state index in [1.165, 1.54) is 17.2 Å². The van der Waals surface area contributed by atoms with E-state index < -0.39 is 5.97 Å². The summed E-state index contributed by atoms with van der Waals surface area (Å²) in [5.74, 6) is -1.34. The Hall–Kier alpha value is -2.16. The standard InChI is InChI=1S/C20H21FO2/c1-2-13(20(22)23)12-19-17-6-4-3-5-14(17)7-8-15-11-16(21)9-10-18(15)19/h3-6,9-11,13,19H,2,7-8,12H2,1H3,(H,22,23). The number of aliphatic carboxylic acids is 1. The molecule has 1 aliphatic rings. The van der Waals surface area contributed by atoms with Crippen molar-refractivity contribution in [2.45, 2.75) is 38.5 Å². The van der Waals surface area contributed by atoms with E-state index >= 15 is 0 Å². The first-order chi connectivity index (χ1) is 11.1. The van der Waals surface area contributed by atoms with Crippen LogP contribution in [0.1, 0.15) is 47.9 Å². The van der Waals surface area contributed by atoms with Gasteiger partial charge in [0.1, 0.15) is 5.82 Å². The molecule has 0 aliphatic heterocycles. The van der Waals surface area contributed by atoms with E-state index in [4.69, 9.17) is 0 Å². The minimum atomic E-state index is -0.752. The number of aryl methyl sites for hydroxylation is 2. The fraction of sp³-hybridized carbons (Fsp3) is 0.350. The van der Waals surface area contributed by atoms with Crippen LogP contribution >= 0.6 is 0 Å². The lowest BCUT2D eigenvalue weighted by Gasteiger charge is -2.23. The lowest BCUT2D eigenvalue weighted by Crippen LogP contribution is -2.17. The minimum Gasteiger partial charge on any atom is -0.481 e. The minimum absolute atomic E-state index is 0.0188. The molecule has 0 heterocycles. The Morgan fingerprint density at radius 2 is 1.87 bits per heavy atom. The zero-order valence-electron chi connectivity index (χ0n) is 13.3. The van der Waals surface area contributed by atoms with Crippen LogP contribution in [0.3, 0.4) is 0 Å². The largest absolute Gasteiger partial charge is 0.481 e. The second kappa shape index (κ2) is 6.53. The van der Waals surface area contributed by atoms with Crippen LogP contribution in [0.5, 0.6) is 0 Å². The first kappa shape index (κ1) is 15.7. The molecule has 2 nitrogen and oxygen atoms in total. The first-order valence-corrected chi connectivity index (χ1v) is 8.19. The summed E-state index contributed by atoms with van der Waals surface area (Å²) < 4.78 is 13.6. The Balaban J connectivity index is 2.09. The molecule has 0 bridgehead atoms. The second-order valence-corrected chi connectivity index (χ2v) is 6.27. The molecule has 1 N–H and O–H groups in total. The number of benzene rings is 2. The molecule has 0 spiro atoms. The fourth-order valence-electron chi connectivity index (χ4n) is 3.65. The molecule has 0 fully saturated rings. The average molecular weight is 312 g/mol. The van der Waals surface area contributed by atoms with Gasteiger partial charge in [-0.15, -0.1) is 0 Å². The summed E-state index contributed by atoms with van der Waals surface area (Å²) in [5.41, 5.74) is 4.52. The molecule has 2 aromatic rings. The van der Waals surface area contributed by atoms with Gasteiger partial charge in [-0.3, -0.25) is 4.79 Å². The maximum atomic E-state index is 13.6. The molecule has 0 amide bonds. The summed E-state index contributed by atoms with van der Waals surface area (Å²) in [7, 11) is 0. The quantitative estimate of drug-likeness (QED) is 0.899.